The summed E-state index contributed by atoms with van der Waals surface area (Å²) in [6, 6.07) is 7.27. The molecule has 0 aliphatic carbocycles. The number of halogens is 1. The van der Waals surface area contributed by atoms with Crippen molar-refractivity contribution in [3.05, 3.63) is 36.9 Å². The van der Waals surface area contributed by atoms with Gasteiger partial charge < -0.3 is 22.9 Å². The van der Waals surface area contributed by atoms with E-state index >= 15 is 0 Å². The number of rotatable bonds is 3. The zero-order chi connectivity index (χ0) is 8.10. The zero-order valence-corrected chi connectivity index (χ0v) is 7.42. The van der Waals surface area contributed by atoms with Crippen molar-refractivity contribution in [1.29, 1.82) is 0 Å². The molecule has 0 aliphatic rings. The molecule has 12 heavy (non-hydrogen) atoms. The Hall–Kier alpha value is -1.15. The van der Waals surface area contributed by atoms with E-state index < -0.39 is 0 Å². The van der Waals surface area contributed by atoms with Crippen LogP contribution in [0.4, 0.5) is 5.69 Å². The Balaban J connectivity index is 0.00000121. The number of hydrogen-bond donors (Lipinski definition) is 1. The highest BCUT2D eigenvalue weighted by Crippen LogP contribution is 2.12. The fourth-order valence-electron chi connectivity index (χ4n) is 0.719. The maximum Gasteiger partial charge on any atom is 0.119 e. The standard InChI is InChI=1S/C9H11NO.ClH/c1-2-7-11-9-5-3-8(10)4-6-9;/h2-6H,1,7,10H2;1H/p-1. The highest BCUT2D eigenvalue weighted by atomic mass is 35.5. The topological polar surface area (TPSA) is 35.2 Å². The lowest BCUT2D eigenvalue weighted by Crippen LogP contribution is -3.00. The maximum atomic E-state index is 5.48. The molecule has 2 nitrogen and oxygen atoms in total. The van der Waals surface area contributed by atoms with Crippen LogP contribution in [0.5, 0.6) is 5.75 Å². The molecule has 2 N–H and O–H groups in total. The van der Waals surface area contributed by atoms with Crippen LogP contribution >= 0.6 is 0 Å². The van der Waals surface area contributed by atoms with Crippen LogP contribution in [0, 0.1) is 0 Å². The van der Waals surface area contributed by atoms with E-state index in [4.69, 9.17) is 10.5 Å². The number of nitrogen functional groups attached to an aromatic ring is 1. The fraction of sp³-hybridized carbons (Fsp3) is 0.111. The van der Waals surface area contributed by atoms with Gasteiger partial charge in [-0.1, -0.05) is 12.7 Å². The second-order valence-electron chi connectivity index (χ2n) is 2.17. The van der Waals surface area contributed by atoms with Crippen molar-refractivity contribution in [3.63, 3.8) is 0 Å². The number of anilines is 1. The third kappa shape index (κ3) is 3.30. The Kier molecular flexibility index (Phi) is 4.97. The van der Waals surface area contributed by atoms with Crippen molar-refractivity contribution in [2.75, 3.05) is 12.3 Å². The van der Waals surface area contributed by atoms with Gasteiger partial charge in [0.25, 0.3) is 0 Å². The summed E-state index contributed by atoms with van der Waals surface area (Å²) in [6.45, 7) is 4.08. The molecule has 1 rings (SSSR count). The van der Waals surface area contributed by atoms with E-state index in [9.17, 15) is 0 Å². The molecule has 0 unspecified atom stereocenters. The van der Waals surface area contributed by atoms with Crippen molar-refractivity contribution in [2.45, 2.75) is 0 Å². The maximum absolute atomic E-state index is 5.48. The third-order valence-corrected chi connectivity index (χ3v) is 1.25. The molecule has 0 aliphatic heterocycles. The second-order valence-corrected chi connectivity index (χ2v) is 2.17. The minimum Gasteiger partial charge on any atom is -1.00 e. The third-order valence-electron chi connectivity index (χ3n) is 1.25. The molecule has 0 aromatic heterocycles. The van der Waals surface area contributed by atoms with Crippen molar-refractivity contribution in [3.8, 4) is 5.75 Å². The van der Waals surface area contributed by atoms with E-state index in [1.165, 1.54) is 0 Å². The Morgan fingerprint density at radius 3 is 2.42 bits per heavy atom. The molecule has 0 fully saturated rings. The van der Waals surface area contributed by atoms with Crippen molar-refractivity contribution >= 4 is 5.69 Å². The number of nitrogens with two attached hydrogens (primary N) is 1. The molecule has 0 amide bonds. The van der Waals surface area contributed by atoms with Crippen LogP contribution in [0.3, 0.4) is 0 Å². The summed E-state index contributed by atoms with van der Waals surface area (Å²) in [4.78, 5) is 0. The molecular formula is C9H11ClNO-. The lowest BCUT2D eigenvalue weighted by Gasteiger charge is -2.01. The lowest BCUT2D eigenvalue weighted by atomic mass is 10.3. The molecule has 3 heteroatoms. The van der Waals surface area contributed by atoms with Gasteiger partial charge in [0, 0.05) is 5.69 Å². The van der Waals surface area contributed by atoms with Gasteiger partial charge in [0.15, 0.2) is 0 Å². The molecule has 0 bridgehead atoms. The first-order chi connectivity index (χ1) is 5.33. The van der Waals surface area contributed by atoms with E-state index in [2.05, 4.69) is 6.58 Å². The molecule has 0 saturated heterocycles. The van der Waals surface area contributed by atoms with Gasteiger partial charge >= 0.3 is 0 Å². The van der Waals surface area contributed by atoms with Crippen LogP contribution in [0.2, 0.25) is 0 Å². The molecule has 1 aromatic rings. The summed E-state index contributed by atoms with van der Waals surface area (Å²) in [5.41, 5.74) is 6.23. The Bertz CT molecular complexity index is 233. The smallest absolute Gasteiger partial charge is 0.119 e. The van der Waals surface area contributed by atoms with Gasteiger partial charge in [0.1, 0.15) is 12.4 Å². The van der Waals surface area contributed by atoms with E-state index in [1.807, 2.05) is 12.1 Å². The SMILES string of the molecule is C=CCOc1ccc(N)cc1.[Cl-]. The lowest BCUT2D eigenvalue weighted by molar-refractivity contribution is -0.00000269. The summed E-state index contributed by atoms with van der Waals surface area (Å²) in [5, 5.41) is 0. The molecule has 0 saturated carbocycles. The highest BCUT2D eigenvalue weighted by molar-refractivity contribution is 5.41. The van der Waals surface area contributed by atoms with Gasteiger partial charge in [0.05, 0.1) is 0 Å². The largest absolute Gasteiger partial charge is 1.00 e. The van der Waals surface area contributed by atoms with E-state index in [0.29, 0.717) is 6.61 Å². The van der Waals surface area contributed by atoms with Crippen LogP contribution in [0.25, 0.3) is 0 Å². The molecule has 66 valence electrons. The number of benzene rings is 1. The highest BCUT2D eigenvalue weighted by Gasteiger charge is 1.89. The van der Waals surface area contributed by atoms with Gasteiger partial charge in [-0.15, -0.1) is 0 Å². The van der Waals surface area contributed by atoms with Gasteiger partial charge in [-0.3, -0.25) is 0 Å². The Morgan fingerprint density at radius 1 is 1.33 bits per heavy atom. The quantitative estimate of drug-likeness (QED) is 0.475. The van der Waals surface area contributed by atoms with Gasteiger partial charge in [-0.25, -0.2) is 0 Å². The van der Waals surface area contributed by atoms with Crippen LogP contribution in [-0.4, -0.2) is 6.61 Å². The average molecular weight is 185 g/mol. The first-order valence-electron chi connectivity index (χ1n) is 3.42. The second kappa shape index (κ2) is 5.49. The van der Waals surface area contributed by atoms with Crippen molar-refractivity contribution < 1.29 is 17.1 Å². The zero-order valence-electron chi connectivity index (χ0n) is 6.66. The number of ether oxygens (including phenoxy) is 1. The molecule has 0 atom stereocenters. The van der Waals surface area contributed by atoms with Crippen LogP contribution < -0.4 is 22.9 Å². The Morgan fingerprint density at radius 2 is 1.92 bits per heavy atom. The predicted octanol–water partition coefficient (Wildman–Crippen LogP) is -1.16. The summed E-state index contributed by atoms with van der Waals surface area (Å²) < 4.78 is 5.24. The predicted molar refractivity (Wildman–Crippen MR) is 46.5 cm³/mol. The van der Waals surface area contributed by atoms with Gasteiger partial charge in [0.2, 0.25) is 0 Å². The van der Waals surface area contributed by atoms with E-state index in [0.717, 1.165) is 11.4 Å². The normalized spacial score (nSPS) is 8.33. The van der Waals surface area contributed by atoms with Crippen LogP contribution in [0.1, 0.15) is 0 Å². The first kappa shape index (κ1) is 10.8. The van der Waals surface area contributed by atoms with Crippen LogP contribution in [-0.2, 0) is 0 Å². The fourth-order valence-corrected chi connectivity index (χ4v) is 0.719. The minimum absolute atomic E-state index is 0. The van der Waals surface area contributed by atoms with Gasteiger partial charge in [-0.2, -0.15) is 0 Å². The summed E-state index contributed by atoms with van der Waals surface area (Å²) in [6.07, 6.45) is 1.70. The first-order valence-corrected chi connectivity index (χ1v) is 3.42. The summed E-state index contributed by atoms with van der Waals surface area (Å²) >= 11 is 0. The molecular weight excluding hydrogens is 174 g/mol. The van der Waals surface area contributed by atoms with Crippen molar-refractivity contribution in [2.24, 2.45) is 0 Å². The Labute approximate surface area is 78.4 Å². The molecule has 1 aromatic carbocycles. The number of hydrogen-bond acceptors (Lipinski definition) is 2. The van der Waals surface area contributed by atoms with E-state index in [1.54, 1.807) is 18.2 Å². The molecule has 0 heterocycles. The summed E-state index contributed by atoms with van der Waals surface area (Å²) in [7, 11) is 0. The van der Waals surface area contributed by atoms with Gasteiger partial charge in [-0.05, 0) is 24.3 Å². The van der Waals surface area contributed by atoms with Crippen molar-refractivity contribution in [1.82, 2.24) is 0 Å². The van der Waals surface area contributed by atoms with E-state index in [-0.39, 0.29) is 12.4 Å². The monoisotopic (exact) mass is 184 g/mol. The summed E-state index contributed by atoms with van der Waals surface area (Å²) in [5.74, 6) is 0.819. The minimum atomic E-state index is 0. The van der Waals surface area contributed by atoms with Crippen LogP contribution in [0.15, 0.2) is 36.9 Å². The average Bonchev–Trinajstić information content (AvgIpc) is 2.04. The molecule has 0 spiro atoms. The molecule has 0 radical (unpaired) electrons.